The number of thioether (sulfide) groups is 2. The zero-order chi connectivity index (χ0) is 13.0. The van der Waals surface area contributed by atoms with E-state index in [1.807, 2.05) is 24.5 Å². The van der Waals surface area contributed by atoms with E-state index in [0.717, 1.165) is 10.9 Å². The van der Waals surface area contributed by atoms with Crippen LogP contribution in [-0.4, -0.2) is 15.8 Å². The molecule has 1 aromatic carbocycles. The van der Waals surface area contributed by atoms with E-state index in [9.17, 15) is 4.79 Å². The van der Waals surface area contributed by atoms with Crippen LogP contribution >= 0.6 is 23.5 Å². The second-order valence-electron chi connectivity index (χ2n) is 3.73. The van der Waals surface area contributed by atoms with Gasteiger partial charge in [-0.05, 0) is 18.4 Å². The van der Waals surface area contributed by atoms with Crippen LogP contribution in [0.4, 0.5) is 0 Å². The molecule has 0 unspecified atom stereocenters. The number of rotatable bonds is 4. The molecule has 1 aromatic heterocycles. The predicted molar refractivity (Wildman–Crippen MR) is 77.3 cm³/mol. The Bertz CT molecular complexity index is 581. The Morgan fingerprint density at radius 3 is 2.67 bits per heavy atom. The van der Waals surface area contributed by atoms with Crippen molar-refractivity contribution in [3.05, 3.63) is 52.4 Å². The lowest BCUT2D eigenvalue weighted by molar-refractivity contribution is 0.698. The van der Waals surface area contributed by atoms with Gasteiger partial charge in [-0.3, -0.25) is 9.36 Å². The highest BCUT2D eigenvalue weighted by atomic mass is 32.2. The average Bonchev–Trinajstić information content (AvgIpc) is 2.41. The molecule has 0 saturated heterocycles. The first-order valence-corrected chi connectivity index (χ1v) is 7.70. The van der Waals surface area contributed by atoms with Crippen LogP contribution in [0.3, 0.4) is 0 Å². The lowest BCUT2D eigenvalue weighted by atomic mass is 10.4. The van der Waals surface area contributed by atoms with Crippen LogP contribution in [0.15, 0.2) is 51.2 Å². The molecule has 0 atom stereocenters. The summed E-state index contributed by atoms with van der Waals surface area (Å²) >= 11 is 3.18. The quantitative estimate of drug-likeness (QED) is 0.636. The molecule has 1 heterocycles. The van der Waals surface area contributed by atoms with Gasteiger partial charge >= 0.3 is 0 Å². The minimum absolute atomic E-state index is 0.00184. The number of hydrogen-bond donors (Lipinski definition) is 0. The number of benzene rings is 1. The fourth-order valence-corrected chi connectivity index (χ4v) is 2.88. The summed E-state index contributed by atoms with van der Waals surface area (Å²) in [5.41, 5.74) is 0.828. The summed E-state index contributed by atoms with van der Waals surface area (Å²) in [5.74, 6) is 0.716. The molecule has 0 bridgehead atoms. The predicted octanol–water partition coefficient (Wildman–Crippen LogP) is 2.79. The Balaban J connectivity index is 2.15. The smallest absolute Gasteiger partial charge is 0.254 e. The van der Waals surface area contributed by atoms with Crippen molar-refractivity contribution in [3.63, 3.8) is 0 Å². The minimum Gasteiger partial charge on any atom is -0.291 e. The van der Waals surface area contributed by atoms with Crippen LogP contribution in [0.25, 0.3) is 0 Å². The Labute approximate surface area is 115 Å². The van der Waals surface area contributed by atoms with E-state index in [4.69, 9.17) is 0 Å². The summed E-state index contributed by atoms with van der Waals surface area (Å²) in [5, 5.41) is 0.756. The standard InChI is InChI=1S/C13H14N2OS2/c1-15-12(16)8-10(14-13(15)17-2)9-18-11-6-4-3-5-7-11/h3-8H,9H2,1-2H3. The van der Waals surface area contributed by atoms with Crippen LogP contribution in [0, 0.1) is 0 Å². The molecule has 0 aliphatic carbocycles. The average molecular weight is 278 g/mol. The maximum absolute atomic E-state index is 11.7. The normalized spacial score (nSPS) is 10.6. The van der Waals surface area contributed by atoms with Gasteiger partial charge < -0.3 is 0 Å². The largest absolute Gasteiger partial charge is 0.291 e. The van der Waals surface area contributed by atoms with Gasteiger partial charge in [0, 0.05) is 23.8 Å². The van der Waals surface area contributed by atoms with E-state index < -0.39 is 0 Å². The van der Waals surface area contributed by atoms with E-state index in [-0.39, 0.29) is 5.56 Å². The number of aromatic nitrogens is 2. The molecule has 0 spiro atoms. The van der Waals surface area contributed by atoms with Crippen molar-refractivity contribution < 1.29 is 0 Å². The molecular weight excluding hydrogens is 264 g/mol. The van der Waals surface area contributed by atoms with E-state index in [0.29, 0.717) is 5.75 Å². The molecule has 0 radical (unpaired) electrons. The van der Waals surface area contributed by atoms with Crippen molar-refractivity contribution in [1.82, 2.24) is 9.55 Å². The summed E-state index contributed by atoms with van der Waals surface area (Å²) in [7, 11) is 1.75. The van der Waals surface area contributed by atoms with Gasteiger partial charge in [0.25, 0.3) is 5.56 Å². The molecule has 0 aliphatic rings. The third kappa shape index (κ3) is 3.17. The van der Waals surface area contributed by atoms with Crippen LogP contribution in [-0.2, 0) is 12.8 Å². The van der Waals surface area contributed by atoms with E-state index >= 15 is 0 Å². The summed E-state index contributed by atoms with van der Waals surface area (Å²) in [6.45, 7) is 0. The van der Waals surface area contributed by atoms with Gasteiger partial charge in [-0.1, -0.05) is 30.0 Å². The van der Waals surface area contributed by atoms with E-state index in [2.05, 4.69) is 17.1 Å². The summed E-state index contributed by atoms with van der Waals surface area (Å²) in [4.78, 5) is 17.4. The summed E-state index contributed by atoms with van der Waals surface area (Å²) < 4.78 is 1.57. The Hall–Kier alpha value is -1.20. The lowest BCUT2D eigenvalue weighted by Gasteiger charge is -2.06. The molecule has 0 fully saturated rings. The third-order valence-electron chi connectivity index (χ3n) is 2.46. The fourth-order valence-electron chi connectivity index (χ4n) is 1.49. The molecular formula is C13H14N2OS2. The third-order valence-corrected chi connectivity index (χ3v) is 4.24. The molecule has 94 valence electrons. The molecule has 0 N–H and O–H groups in total. The SMILES string of the molecule is CSc1nc(CSc2ccccc2)cc(=O)n1C. The van der Waals surface area contributed by atoms with Gasteiger partial charge in [-0.15, -0.1) is 11.8 Å². The first-order chi connectivity index (χ1) is 8.70. The van der Waals surface area contributed by atoms with Crippen molar-refractivity contribution >= 4 is 23.5 Å². The maximum Gasteiger partial charge on any atom is 0.254 e. The van der Waals surface area contributed by atoms with Crippen molar-refractivity contribution in [2.45, 2.75) is 15.8 Å². The molecule has 2 aromatic rings. The Morgan fingerprint density at radius 2 is 2.00 bits per heavy atom. The zero-order valence-corrected chi connectivity index (χ0v) is 11.9. The maximum atomic E-state index is 11.7. The van der Waals surface area contributed by atoms with Crippen molar-refractivity contribution in [3.8, 4) is 0 Å². The number of hydrogen-bond acceptors (Lipinski definition) is 4. The molecule has 2 rings (SSSR count). The van der Waals surface area contributed by atoms with Gasteiger partial charge in [0.05, 0.1) is 5.69 Å². The Kier molecular flexibility index (Phi) is 4.49. The van der Waals surface area contributed by atoms with Crippen LogP contribution in [0.2, 0.25) is 0 Å². The first kappa shape index (κ1) is 13.2. The van der Waals surface area contributed by atoms with Crippen LogP contribution < -0.4 is 5.56 Å². The molecule has 0 aliphatic heterocycles. The molecule has 5 heteroatoms. The minimum atomic E-state index is -0.00184. The molecule has 3 nitrogen and oxygen atoms in total. The van der Waals surface area contributed by atoms with Crippen molar-refractivity contribution in [1.29, 1.82) is 0 Å². The van der Waals surface area contributed by atoms with Gasteiger partial charge in [-0.25, -0.2) is 4.98 Å². The molecule has 18 heavy (non-hydrogen) atoms. The summed E-state index contributed by atoms with van der Waals surface area (Å²) in [6.07, 6.45) is 1.93. The molecule has 0 amide bonds. The lowest BCUT2D eigenvalue weighted by Crippen LogP contribution is -2.19. The van der Waals surface area contributed by atoms with Gasteiger partial charge in [0.1, 0.15) is 0 Å². The number of nitrogens with zero attached hydrogens (tertiary/aromatic N) is 2. The molecule has 0 saturated carbocycles. The first-order valence-electron chi connectivity index (χ1n) is 5.49. The highest BCUT2D eigenvalue weighted by molar-refractivity contribution is 7.98. The van der Waals surface area contributed by atoms with Crippen molar-refractivity contribution in [2.75, 3.05) is 6.26 Å². The fraction of sp³-hybridized carbons (Fsp3) is 0.231. The zero-order valence-electron chi connectivity index (χ0n) is 10.3. The summed E-state index contributed by atoms with van der Waals surface area (Å²) in [6, 6.07) is 11.7. The Morgan fingerprint density at radius 1 is 1.28 bits per heavy atom. The topological polar surface area (TPSA) is 34.9 Å². The van der Waals surface area contributed by atoms with Crippen molar-refractivity contribution in [2.24, 2.45) is 7.05 Å². The van der Waals surface area contributed by atoms with Crippen LogP contribution in [0.5, 0.6) is 0 Å². The highest BCUT2D eigenvalue weighted by Crippen LogP contribution is 2.21. The monoisotopic (exact) mass is 278 g/mol. The second kappa shape index (κ2) is 6.11. The highest BCUT2D eigenvalue weighted by Gasteiger charge is 2.05. The van der Waals surface area contributed by atoms with Gasteiger partial charge in [-0.2, -0.15) is 0 Å². The van der Waals surface area contributed by atoms with E-state index in [1.54, 1.807) is 29.4 Å². The van der Waals surface area contributed by atoms with E-state index in [1.165, 1.54) is 16.7 Å². The van der Waals surface area contributed by atoms with Gasteiger partial charge in [0.15, 0.2) is 5.16 Å². The second-order valence-corrected chi connectivity index (χ2v) is 5.56. The van der Waals surface area contributed by atoms with Crippen LogP contribution in [0.1, 0.15) is 5.69 Å². The van der Waals surface area contributed by atoms with Gasteiger partial charge in [0.2, 0.25) is 0 Å².